The van der Waals surface area contributed by atoms with E-state index in [0.717, 1.165) is 30.1 Å². The van der Waals surface area contributed by atoms with Crippen LogP contribution < -0.4 is 15.5 Å². The molecule has 3 aromatic rings. The van der Waals surface area contributed by atoms with Gasteiger partial charge in [-0.1, -0.05) is 12.1 Å². The topological polar surface area (TPSA) is 103 Å². The highest BCUT2D eigenvalue weighted by Gasteiger charge is 2.47. The molecule has 5 rings (SSSR count). The van der Waals surface area contributed by atoms with Gasteiger partial charge in [-0.15, -0.1) is 0 Å². The zero-order valence-electron chi connectivity index (χ0n) is 16.7. The molecule has 31 heavy (non-hydrogen) atoms. The summed E-state index contributed by atoms with van der Waals surface area (Å²) in [7, 11) is 0. The fourth-order valence-corrected chi connectivity index (χ4v) is 3.75. The Labute approximate surface area is 179 Å². The molecule has 2 saturated heterocycles. The van der Waals surface area contributed by atoms with Crippen molar-refractivity contribution in [3.63, 3.8) is 0 Å². The van der Waals surface area contributed by atoms with Crippen LogP contribution in [0.2, 0.25) is 0 Å². The fraction of sp³-hybridized carbons (Fsp3) is 0.217. The number of amides is 1. The van der Waals surface area contributed by atoms with Crippen LogP contribution in [0.1, 0.15) is 10.4 Å². The van der Waals surface area contributed by atoms with Crippen molar-refractivity contribution in [2.45, 2.75) is 12.1 Å². The maximum Gasteiger partial charge on any atom is 0.252 e. The molecule has 2 atom stereocenters. The third-order valence-electron chi connectivity index (χ3n) is 5.60. The Morgan fingerprint density at radius 3 is 2.61 bits per heavy atom. The summed E-state index contributed by atoms with van der Waals surface area (Å²) in [5, 5.41) is 14.4. The maximum atomic E-state index is 11.9. The summed E-state index contributed by atoms with van der Waals surface area (Å²) < 4.78 is 5.47. The first-order valence-corrected chi connectivity index (χ1v) is 10.0. The van der Waals surface area contributed by atoms with Gasteiger partial charge in [-0.2, -0.15) is 5.26 Å². The number of carbonyl (C=O) groups is 1. The molecule has 2 N–H and O–H groups in total. The molecule has 0 radical (unpaired) electrons. The van der Waals surface area contributed by atoms with Gasteiger partial charge in [0, 0.05) is 35.1 Å². The number of nitriles is 1. The van der Waals surface area contributed by atoms with E-state index >= 15 is 0 Å². The lowest BCUT2D eigenvalue weighted by Gasteiger charge is -2.56. The van der Waals surface area contributed by atoms with Crippen LogP contribution in [0.3, 0.4) is 0 Å². The molecule has 3 heterocycles. The van der Waals surface area contributed by atoms with Crippen molar-refractivity contribution < 1.29 is 9.53 Å². The molecular formula is C23H20N6O2. The highest BCUT2D eigenvalue weighted by atomic mass is 16.5. The first-order chi connectivity index (χ1) is 15.2. The maximum absolute atomic E-state index is 11.9. The Kier molecular flexibility index (Phi) is 4.94. The Hall–Kier alpha value is -3.96. The molecule has 1 amide bonds. The van der Waals surface area contributed by atoms with Gasteiger partial charge in [0.05, 0.1) is 30.5 Å². The van der Waals surface area contributed by atoms with Crippen molar-refractivity contribution in [2.24, 2.45) is 0 Å². The highest BCUT2D eigenvalue weighted by Crippen LogP contribution is 2.35. The number of aromatic nitrogens is 2. The first kappa shape index (κ1) is 19.0. The normalized spacial score (nSPS) is 18.7. The van der Waals surface area contributed by atoms with E-state index < -0.39 is 0 Å². The van der Waals surface area contributed by atoms with Crippen molar-refractivity contribution in [2.75, 3.05) is 29.9 Å². The lowest BCUT2D eigenvalue weighted by molar-refractivity contribution is -0.113. The van der Waals surface area contributed by atoms with Crippen molar-refractivity contribution in [3.05, 3.63) is 66.5 Å². The minimum atomic E-state index is -0.278. The molecule has 2 aromatic carbocycles. The molecule has 8 heteroatoms. The summed E-state index contributed by atoms with van der Waals surface area (Å²) in [6, 6.07) is 19.7. The predicted octanol–water partition coefficient (Wildman–Crippen LogP) is 2.73. The van der Waals surface area contributed by atoms with Crippen LogP contribution in [0.25, 0.3) is 11.3 Å². The first-order valence-electron chi connectivity index (χ1n) is 10.0. The lowest BCUT2D eigenvalue weighted by Crippen LogP contribution is -2.70. The van der Waals surface area contributed by atoms with E-state index in [1.165, 1.54) is 12.0 Å². The van der Waals surface area contributed by atoms with Crippen LogP contribution in [0.15, 0.2) is 60.9 Å². The number of nitrogens with zero attached hydrogens (tertiary/aromatic N) is 4. The summed E-state index contributed by atoms with van der Waals surface area (Å²) in [5.41, 5.74) is 4.26. The zero-order valence-corrected chi connectivity index (χ0v) is 16.7. The molecule has 0 saturated carbocycles. The summed E-state index contributed by atoms with van der Waals surface area (Å²) in [5.74, 6) is 0.408. The number of nitrogens with one attached hydrogen (secondary N) is 2. The standard InChI is InChI=1S/C23H20N6O2/c24-9-10-25-23(30)16-3-1-15(2-4-16)19-11-22(27-14-26-19)28-17-5-7-18(8-6-17)29-12-21-20(29)13-31-21/h1-8,11,14,20-21H,10,12-13H2,(H,25,30)(H,26,27,28)/t20-,21?/m1/s1. The predicted molar refractivity (Wildman–Crippen MR) is 116 cm³/mol. The van der Waals surface area contributed by atoms with Crippen LogP contribution >= 0.6 is 0 Å². The van der Waals surface area contributed by atoms with Crippen LogP contribution in [-0.2, 0) is 4.74 Å². The van der Waals surface area contributed by atoms with E-state index in [2.05, 4.69) is 37.6 Å². The second-order valence-electron chi connectivity index (χ2n) is 7.47. The molecule has 0 bridgehead atoms. The molecular weight excluding hydrogens is 392 g/mol. The van der Waals surface area contributed by atoms with Crippen molar-refractivity contribution >= 4 is 23.1 Å². The largest absolute Gasteiger partial charge is 0.372 e. The molecule has 1 aromatic heterocycles. The quantitative estimate of drug-likeness (QED) is 0.600. The summed E-state index contributed by atoms with van der Waals surface area (Å²) in [6.45, 7) is 1.77. The van der Waals surface area contributed by atoms with E-state index in [1.54, 1.807) is 12.1 Å². The van der Waals surface area contributed by atoms with E-state index in [4.69, 9.17) is 10.00 Å². The Balaban J connectivity index is 1.26. The van der Waals surface area contributed by atoms with Crippen LogP contribution in [0.4, 0.5) is 17.2 Å². The Morgan fingerprint density at radius 1 is 1.16 bits per heavy atom. The Morgan fingerprint density at radius 2 is 1.97 bits per heavy atom. The van der Waals surface area contributed by atoms with Gasteiger partial charge in [-0.05, 0) is 36.4 Å². The molecule has 0 aliphatic carbocycles. The number of carbonyl (C=O) groups excluding carboxylic acids is 1. The second kappa shape index (κ2) is 8.05. The number of rotatable bonds is 6. The van der Waals surface area contributed by atoms with E-state index in [9.17, 15) is 4.79 Å². The zero-order chi connectivity index (χ0) is 21.2. The van der Waals surface area contributed by atoms with E-state index in [0.29, 0.717) is 23.5 Å². The third kappa shape index (κ3) is 3.79. The van der Waals surface area contributed by atoms with Crippen LogP contribution in [-0.4, -0.2) is 47.7 Å². The second-order valence-corrected chi connectivity index (χ2v) is 7.47. The van der Waals surface area contributed by atoms with Crippen LogP contribution in [0, 0.1) is 11.3 Å². The number of hydrogen-bond acceptors (Lipinski definition) is 7. The smallest absolute Gasteiger partial charge is 0.252 e. The van der Waals surface area contributed by atoms with E-state index in [1.807, 2.05) is 36.4 Å². The molecule has 154 valence electrons. The highest BCUT2D eigenvalue weighted by molar-refractivity contribution is 5.94. The van der Waals surface area contributed by atoms with Gasteiger partial charge < -0.3 is 20.3 Å². The molecule has 8 nitrogen and oxygen atoms in total. The number of fused-ring (bicyclic) bond motifs is 1. The fourth-order valence-electron chi connectivity index (χ4n) is 3.75. The van der Waals surface area contributed by atoms with Gasteiger partial charge >= 0.3 is 0 Å². The number of hydrogen-bond donors (Lipinski definition) is 2. The van der Waals surface area contributed by atoms with Gasteiger partial charge in [0.25, 0.3) is 5.91 Å². The molecule has 2 aliphatic heterocycles. The molecule has 1 unspecified atom stereocenters. The monoisotopic (exact) mass is 412 g/mol. The molecule has 0 spiro atoms. The van der Waals surface area contributed by atoms with Gasteiger partial charge in [0.2, 0.25) is 0 Å². The molecule has 2 aliphatic rings. The average Bonchev–Trinajstić information content (AvgIpc) is 2.80. The van der Waals surface area contributed by atoms with Crippen molar-refractivity contribution in [1.82, 2.24) is 15.3 Å². The number of benzene rings is 2. The molecule has 2 fully saturated rings. The van der Waals surface area contributed by atoms with Gasteiger partial charge in [0.1, 0.15) is 18.7 Å². The van der Waals surface area contributed by atoms with Gasteiger partial charge in [0.15, 0.2) is 0 Å². The average molecular weight is 412 g/mol. The number of anilines is 3. The minimum absolute atomic E-state index is 0.0178. The lowest BCUT2D eigenvalue weighted by atomic mass is 9.94. The minimum Gasteiger partial charge on any atom is -0.372 e. The van der Waals surface area contributed by atoms with Gasteiger partial charge in [-0.25, -0.2) is 9.97 Å². The van der Waals surface area contributed by atoms with Crippen molar-refractivity contribution in [3.8, 4) is 17.3 Å². The van der Waals surface area contributed by atoms with E-state index in [-0.39, 0.29) is 12.5 Å². The van der Waals surface area contributed by atoms with Crippen LogP contribution in [0.5, 0.6) is 0 Å². The Bertz CT molecular complexity index is 1140. The van der Waals surface area contributed by atoms with Gasteiger partial charge in [-0.3, -0.25) is 4.79 Å². The number of morpholine rings is 1. The number of ether oxygens (including phenoxy) is 1. The third-order valence-corrected chi connectivity index (χ3v) is 5.60. The summed E-state index contributed by atoms with van der Waals surface area (Å²) in [4.78, 5) is 22.9. The summed E-state index contributed by atoms with van der Waals surface area (Å²) in [6.07, 6.45) is 1.93. The summed E-state index contributed by atoms with van der Waals surface area (Å²) >= 11 is 0. The SMILES string of the molecule is N#CCNC(=O)c1ccc(-c2cc(Nc3ccc(N4CC5OC[C@H]54)cc3)ncn2)cc1. The van der Waals surface area contributed by atoms with Crippen molar-refractivity contribution in [1.29, 1.82) is 5.26 Å².